The minimum Gasteiger partial charge on any atom is -0.390 e. The van der Waals surface area contributed by atoms with Gasteiger partial charge in [0.1, 0.15) is 11.4 Å². The van der Waals surface area contributed by atoms with Gasteiger partial charge in [0, 0.05) is 24.8 Å². The van der Waals surface area contributed by atoms with E-state index < -0.39 is 5.54 Å². The van der Waals surface area contributed by atoms with Crippen molar-refractivity contribution >= 4 is 10.9 Å². The van der Waals surface area contributed by atoms with Gasteiger partial charge in [-0.2, -0.15) is 20.7 Å². The lowest BCUT2D eigenvalue weighted by molar-refractivity contribution is 0.0884. The lowest BCUT2D eigenvalue weighted by Crippen LogP contribution is -2.46. The van der Waals surface area contributed by atoms with Crippen LogP contribution >= 0.6 is 0 Å². The molecular weight excluding hydrogens is 404 g/mol. The maximum absolute atomic E-state index is 9.45. The van der Waals surface area contributed by atoms with Crippen molar-refractivity contribution in [3.05, 3.63) is 48.4 Å². The Bertz CT molecular complexity index is 1400. The number of aliphatic hydroxyl groups is 1. The van der Waals surface area contributed by atoms with Crippen molar-refractivity contribution in [3.63, 3.8) is 0 Å². The van der Waals surface area contributed by atoms with Gasteiger partial charge in [-0.25, -0.2) is 4.98 Å². The molecule has 0 radical (unpaired) electrons. The third-order valence-electron chi connectivity index (χ3n) is 6.12. The van der Waals surface area contributed by atoms with Gasteiger partial charge in [-0.3, -0.25) is 14.3 Å². The molecule has 0 unspecified atom stereocenters. The second kappa shape index (κ2) is 7.56. The summed E-state index contributed by atoms with van der Waals surface area (Å²) >= 11 is 0. The van der Waals surface area contributed by atoms with Gasteiger partial charge in [-0.1, -0.05) is 0 Å². The van der Waals surface area contributed by atoms with Crippen molar-refractivity contribution in [1.29, 1.82) is 10.5 Å². The van der Waals surface area contributed by atoms with Crippen molar-refractivity contribution in [1.82, 2.24) is 29.5 Å². The first-order chi connectivity index (χ1) is 15.6. The van der Waals surface area contributed by atoms with E-state index in [9.17, 15) is 15.6 Å². The van der Waals surface area contributed by atoms with E-state index in [1.807, 2.05) is 35.1 Å². The quantitative estimate of drug-likeness (QED) is 0.521. The normalized spacial score (nSPS) is 19.9. The van der Waals surface area contributed by atoms with E-state index in [4.69, 9.17) is 10.1 Å². The zero-order valence-corrected chi connectivity index (χ0v) is 17.5. The number of fused-ring (bicyclic) bond motifs is 1. The predicted octanol–water partition coefficient (Wildman–Crippen LogP) is 2.93. The summed E-state index contributed by atoms with van der Waals surface area (Å²) in [5.41, 5.74) is 3.68. The molecule has 0 spiro atoms. The molecule has 1 aliphatic carbocycles. The SMILES string of the molecule is Cn1nc(CO)cc1-c1cc2ncccc2c(-c2ccn([C@]3(CC#N)C[C@H](C#N)C3)n2)n1. The van der Waals surface area contributed by atoms with E-state index in [1.54, 1.807) is 24.0 Å². The average Bonchev–Trinajstić information content (AvgIpc) is 3.42. The van der Waals surface area contributed by atoms with Gasteiger partial charge in [-0.05, 0) is 43.2 Å². The summed E-state index contributed by atoms with van der Waals surface area (Å²) in [4.78, 5) is 9.40. The third-order valence-corrected chi connectivity index (χ3v) is 6.12. The molecular formula is C23H20N8O. The Kier molecular flexibility index (Phi) is 4.69. The zero-order chi connectivity index (χ0) is 22.3. The average molecular weight is 424 g/mol. The number of nitrogens with zero attached hydrogens (tertiary/aromatic N) is 8. The van der Waals surface area contributed by atoms with Crippen LogP contribution in [0.3, 0.4) is 0 Å². The number of aryl methyl sites for hydroxylation is 1. The number of aliphatic hydroxyl groups excluding tert-OH is 1. The van der Waals surface area contributed by atoms with E-state index in [2.05, 4.69) is 22.2 Å². The molecule has 0 saturated heterocycles. The topological polar surface area (TPSA) is 129 Å². The number of hydrogen-bond donors (Lipinski definition) is 1. The fraction of sp³-hybridized carbons (Fsp3) is 0.304. The highest BCUT2D eigenvalue weighted by Gasteiger charge is 2.46. The van der Waals surface area contributed by atoms with Crippen molar-refractivity contribution < 1.29 is 5.11 Å². The van der Waals surface area contributed by atoms with Crippen LogP contribution in [-0.2, 0) is 19.2 Å². The van der Waals surface area contributed by atoms with E-state index >= 15 is 0 Å². The molecule has 1 aliphatic rings. The molecule has 4 aromatic rings. The van der Waals surface area contributed by atoms with Crippen molar-refractivity contribution in [2.45, 2.75) is 31.4 Å². The molecule has 4 aromatic heterocycles. The van der Waals surface area contributed by atoms with Crippen LogP contribution in [0.4, 0.5) is 0 Å². The molecule has 0 amide bonds. The molecule has 1 saturated carbocycles. The van der Waals surface area contributed by atoms with Crippen LogP contribution in [0.15, 0.2) is 42.7 Å². The van der Waals surface area contributed by atoms with Crippen LogP contribution in [0.5, 0.6) is 0 Å². The minimum absolute atomic E-state index is 0.0481. The van der Waals surface area contributed by atoms with E-state index in [1.165, 1.54) is 0 Å². The monoisotopic (exact) mass is 424 g/mol. The third kappa shape index (κ3) is 3.11. The molecule has 9 heteroatoms. The number of nitriles is 2. The van der Waals surface area contributed by atoms with Crippen molar-refractivity contribution in [3.8, 4) is 34.9 Å². The lowest BCUT2D eigenvalue weighted by atomic mass is 9.67. The first kappa shape index (κ1) is 19.9. The van der Waals surface area contributed by atoms with Crippen LogP contribution in [0, 0.1) is 28.6 Å². The van der Waals surface area contributed by atoms with Gasteiger partial charge in [-0.15, -0.1) is 0 Å². The highest BCUT2D eigenvalue weighted by molar-refractivity contribution is 5.93. The predicted molar refractivity (Wildman–Crippen MR) is 115 cm³/mol. The van der Waals surface area contributed by atoms with Gasteiger partial charge in [0.05, 0.1) is 59.2 Å². The fourth-order valence-corrected chi connectivity index (χ4v) is 4.47. The molecule has 32 heavy (non-hydrogen) atoms. The van der Waals surface area contributed by atoms with E-state index in [-0.39, 0.29) is 12.5 Å². The Hall–Kier alpha value is -4.08. The van der Waals surface area contributed by atoms with Gasteiger partial charge < -0.3 is 5.11 Å². The molecule has 0 aromatic carbocycles. The maximum atomic E-state index is 9.45. The Morgan fingerprint density at radius 1 is 1.19 bits per heavy atom. The lowest BCUT2D eigenvalue weighted by Gasteiger charge is -2.43. The molecule has 4 heterocycles. The highest BCUT2D eigenvalue weighted by Crippen LogP contribution is 2.46. The number of rotatable bonds is 5. The summed E-state index contributed by atoms with van der Waals surface area (Å²) in [5, 5.41) is 38.0. The Morgan fingerprint density at radius 3 is 2.75 bits per heavy atom. The second-order valence-electron chi connectivity index (χ2n) is 8.17. The van der Waals surface area contributed by atoms with Crippen LogP contribution in [0.25, 0.3) is 33.7 Å². The summed E-state index contributed by atoms with van der Waals surface area (Å²) in [6.07, 6.45) is 5.14. The Morgan fingerprint density at radius 2 is 2.03 bits per heavy atom. The molecule has 1 fully saturated rings. The number of hydrogen-bond acceptors (Lipinski definition) is 7. The number of pyridine rings is 2. The van der Waals surface area contributed by atoms with E-state index in [0.29, 0.717) is 42.0 Å². The summed E-state index contributed by atoms with van der Waals surface area (Å²) in [7, 11) is 1.81. The second-order valence-corrected chi connectivity index (χ2v) is 8.17. The van der Waals surface area contributed by atoms with Crippen molar-refractivity contribution in [2.75, 3.05) is 0 Å². The zero-order valence-electron chi connectivity index (χ0n) is 17.5. The Balaban J connectivity index is 1.63. The fourth-order valence-electron chi connectivity index (χ4n) is 4.47. The molecule has 158 valence electrons. The van der Waals surface area contributed by atoms with Crippen molar-refractivity contribution in [2.24, 2.45) is 13.0 Å². The summed E-state index contributed by atoms with van der Waals surface area (Å²) < 4.78 is 3.51. The summed E-state index contributed by atoms with van der Waals surface area (Å²) in [6, 6.07) is 13.9. The van der Waals surface area contributed by atoms with Crippen LogP contribution < -0.4 is 0 Å². The van der Waals surface area contributed by atoms with Crippen LogP contribution in [0.1, 0.15) is 25.0 Å². The van der Waals surface area contributed by atoms with Gasteiger partial charge in [0.15, 0.2) is 0 Å². The Labute approximate surface area is 184 Å². The van der Waals surface area contributed by atoms with Gasteiger partial charge in [0.2, 0.25) is 0 Å². The first-order valence-corrected chi connectivity index (χ1v) is 10.3. The van der Waals surface area contributed by atoms with Gasteiger partial charge in [0.25, 0.3) is 0 Å². The van der Waals surface area contributed by atoms with Crippen LogP contribution in [-0.4, -0.2) is 34.6 Å². The van der Waals surface area contributed by atoms with Crippen LogP contribution in [0.2, 0.25) is 0 Å². The highest BCUT2D eigenvalue weighted by atomic mass is 16.3. The number of aromatic nitrogens is 6. The van der Waals surface area contributed by atoms with E-state index in [0.717, 1.165) is 16.6 Å². The maximum Gasteiger partial charge on any atom is 0.111 e. The smallest absolute Gasteiger partial charge is 0.111 e. The molecule has 0 atom stereocenters. The van der Waals surface area contributed by atoms with Gasteiger partial charge >= 0.3 is 0 Å². The molecule has 9 nitrogen and oxygen atoms in total. The molecule has 0 aliphatic heterocycles. The largest absolute Gasteiger partial charge is 0.390 e. The summed E-state index contributed by atoms with van der Waals surface area (Å²) in [6.45, 7) is -0.151. The standard InChI is InChI=1S/C23H20N8O/c1-30-21(9-16(14-32)28-30)20-10-19-17(3-2-7-26-19)22(27-20)18-4-8-31(29-18)23(5-6-24)11-15(12-23)13-25/h2-4,7-10,15,32H,5,11-12,14H2,1H3/t15-,23+. The molecule has 0 bridgehead atoms. The first-order valence-electron chi connectivity index (χ1n) is 10.3. The molecule has 5 rings (SSSR count). The summed E-state index contributed by atoms with van der Waals surface area (Å²) in [5.74, 6) is -0.0481. The molecule has 1 N–H and O–H groups in total. The minimum atomic E-state index is -0.447.